The molecule has 1 aromatic heterocycles. The quantitative estimate of drug-likeness (QED) is 0.788. The van der Waals surface area contributed by atoms with Gasteiger partial charge in [-0.25, -0.2) is 0 Å². The van der Waals surface area contributed by atoms with E-state index in [1.54, 1.807) is 18.0 Å². The molecule has 3 nitrogen and oxygen atoms in total. The molecular weight excluding hydrogens is 290 g/mol. The number of pyridine rings is 1. The fourth-order valence-electron chi connectivity index (χ4n) is 1.73. The molecule has 0 fully saturated rings. The standard InChI is InChI=1S/C11H12BrNO2S/c1-3-15-10(14)11(2)4-7-5-13-6-8(12)9(7)16-11/h5-6H,3-4H2,1-2H3. The number of halogens is 1. The van der Waals surface area contributed by atoms with Gasteiger partial charge in [-0.3, -0.25) is 9.78 Å². The van der Waals surface area contributed by atoms with Gasteiger partial charge in [-0.1, -0.05) is 0 Å². The molecule has 0 bridgehead atoms. The Morgan fingerprint density at radius 2 is 2.44 bits per heavy atom. The van der Waals surface area contributed by atoms with E-state index in [2.05, 4.69) is 20.9 Å². The van der Waals surface area contributed by atoms with Gasteiger partial charge in [0.1, 0.15) is 4.75 Å². The van der Waals surface area contributed by atoms with Gasteiger partial charge in [0.25, 0.3) is 0 Å². The Morgan fingerprint density at radius 1 is 1.69 bits per heavy atom. The Kier molecular flexibility index (Phi) is 3.26. The van der Waals surface area contributed by atoms with Crippen LogP contribution in [0, 0.1) is 0 Å². The number of carbonyl (C=O) groups is 1. The zero-order valence-electron chi connectivity index (χ0n) is 9.12. The molecule has 0 aliphatic carbocycles. The topological polar surface area (TPSA) is 39.2 Å². The minimum atomic E-state index is -0.510. The van der Waals surface area contributed by atoms with E-state index in [1.807, 2.05) is 20.0 Å². The van der Waals surface area contributed by atoms with Gasteiger partial charge in [0.2, 0.25) is 0 Å². The van der Waals surface area contributed by atoms with Gasteiger partial charge in [0, 0.05) is 28.2 Å². The molecule has 1 aliphatic heterocycles. The first kappa shape index (κ1) is 11.9. The first-order valence-corrected chi connectivity index (χ1v) is 6.66. The van der Waals surface area contributed by atoms with Gasteiger partial charge < -0.3 is 4.74 Å². The monoisotopic (exact) mass is 301 g/mol. The number of carbonyl (C=O) groups excluding carboxylic acids is 1. The van der Waals surface area contributed by atoms with Gasteiger partial charge in [-0.05, 0) is 35.3 Å². The van der Waals surface area contributed by atoms with Gasteiger partial charge in [-0.15, -0.1) is 11.8 Å². The summed E-state index contributed by atoms with van der Waals surface area (Å²) in [4.78, 5) is 17.1. The summed E-state index contributed by atoms with van der Waals surface area (Å²) in [6.07, 6.45) is 4.25. The van der Waals surface area contributed by atoms with Crippen LogP contribution in [0.3, 0.4) is 0 Å². The summed E-state index contributed by atoms with van der Waals surface area (Å²) in [6, 6.07) is 0. The Morgan fingerprint density at radius 3 is 3.06 bits per heavy atom. The lowest BCUT2D eigenvalue weighted by atomic mass is 10.0. The van der Waals surface area contributed by atoms with E-state index in [0.29, 0.717) is 13.0 Å². The Labute approximate surface area is 107 Å². The first-order chi connectivity index (χ1) is 7.57. The molecular formula is C11H12BrNO2S. The van der Waals surface area contributed by atoms with Crippen LogP contribution in [0.5, 0.6) is 0 Å². The molecule has 16 heavy (non-hydrogen) atoms. The van der Waals surface area contributed by atoms with Crippen LogP contribution < -0.4 is 0 Å². The second-order valence-corrected chi connectivity index (χ2v) is 6.21. The van der Waals surface area contributed by atoms with Crippen molar-refractivity contribution in [3.05, 3.63) is 22.4 Å². The Balaban J connectivity index is 2.27. The van der Waals surface area contributed by atoms with E-state index in [0.717, 1.165) is 14.9 Å². The average Bonchev–Trinajstić information content (AvgIpc) is 2.58. The maximum absolute atomic E-state index is 11.9. The Bertz CT molecular complexity index is 438. The van der Waals surface area contributed by atoms with E-state index in [4.69, 9.17) is 4.74 Å². The molecule has 0 saturated carbocycles. The molecule has 1 unspecified atom stereocenters. The number of hydrogen-bond donors (Lipinski definition) is 0. The van der Waals surface area contributed by atoms with E-state index >= 15 is 0 Å². The molecule has 0 N–H and O–H groups in total. The normalized spacial score (nSPS) is 22.9. The Hall–Kier alpha value is -0.550. The van der Waals surface area contributed by atoms with Crippen molar-refractivity contribution in [3.8, 4) is 0 Å². The summed E-state index contributed by atoms with van der Waals surface area (Å²) < 4.78 is 5.54. The molecule has 0 spiro atoms. The third-order valence-electron chi connectivity index (χ3n) is 2.49. The SMILES string of the molecule is CCOC(=O)C1(C)Cc2cncc(Br)c2S1. The van der Waals surface area contributed by atoms with Gasteiger partial charge >= 0.3 is 5.97 Å². The van der Waals surface area contributed by atoms with Crippen LogP contribution in [0.15, 0.2) is 21.8 Å². The van der Waals surface area contributed by atoms with Crippen LogP contribution >= 0.6 is 27.7 Å². The number of esters is 1. The third kappa shape index (κ3) is 1.98. The minimum absolute atomic E-state index is 0.150. The number of nitrogens with zero attached hydrogens (tertiary/aromatic N) is 1. The van der Waals surface area contributed by atoms with Crippen molar-refractivity contribution in [2.24, 2.45) is 0 Å². The first-order valence-electron chi connectivity index (χ1n) is 5.05. The lowest BCUT2D eigenvalue weighted by molar-refractivity contribution is -0.145. The zero-order chi connectivity index (χ0) is 11.8. The lowest BCUT2D eigenvalue weighted by Crippen LogP contribution is -2.33. The molecule has 5 heteroatoms. The molecule has 1 atom stereocenters. The smallest absolute Gasteiger partial charge is 0.322 e. The summed E-state index contributed by atoms with van der Waals surface area (Å²) in [6.45, 7) is 4.17. The highest BCUT2D eigenvalue weighted by molar-refractivity contribution is 9.10. The summed E-state index contributed by atoms with van der Waals surface area (Å²) in [5, 5.41) is 0. The van der Waals surface area contributed by atoms with E-state index in [9.17, 15) is 4.79 Å². The highest BCUT2D eigenvalue weighted by Gasteiger charge is 2.42. The van der Waals surface area contributed by atoms with Crippen molar-refractivity contribution in [1.29, 1.82) is 0 Å². The largest absolute Gasteiger partial charge is 0.465 e. The second kappa shape index (κ2) is 4.37. The predicted molar refractivity (Wildman–Crippen MR) is 66.5 cm³/mol. The maximum atomic E-state index is 11.9. The fourth-order valence-corrected chi connectivity index (χ4v) is 3.57. The number of aromatic nitrogens is 1. The summed E-state index contributed by atoms with van der Waals surface area (Å²) in [5.74, 6) is -0.150. The minimum Gasteiger partial charge on any atom is -0.465 e. The van der Waals surface area contributed by atoms with E-state index < -0.39 is 4.75 Å². The fraction of sp³-hybridized carbons (Fsp3) is 0.455. The molecule has 0 amide bonds. The van der Waals surface area contributed by atoms with Crippen molar-refractivity contribution >= 4 is 33.7 Å². The van der Waals surface area contributed by atoms with E-state index in [-0.39, 0.29) is 5.97 Å². The molecule has 2 rings (SSSR count). The van der Waals surface area contributed by atoms with Crippen LogP contribution in [0.25, 0.3) is 0 Å². The van der Waals surface area contributed by atoms with Gasteiger partial charge in [-0.2, -0.15) is 0 Å². The number of fused-ring (bicyclic) bond motifs is 1. The molecule has 0 saturated heterocycles. The zero-order valence-corrected chi connectivity index (χ0v) is 11.5. The van der Waals surface area contributed by atoms with Crippen LogP contribution in [0.2, 0.25) is 0 Å². The number of hydrogen-bond acceptors (Lipinski definition) is 4. The number of ether oxygens (including phenoxy) is 1. The van der Waals surface area contributed by atoms with Crippen molar-refractivity contribution < 1.29 is 9.53 Å². The number of rotatable bonds is 2. The van der Waals surface area contributed by atoms with Crippen molar-refractivity contribution in [2.45, 2.75) is 29.9 Å². The van der Waals surface area contributed by atoms with Crippen LogP contribution in [-0.4, -0.2) is 22.3 Å². The maximum Gasteiger partial charge on any atom is 0.322 e. The molecule has 0 aromatic carbocycles. The highest BCUT2D eigenvalue weighted by atomic mass is 79.9. The summed E-state index contributed by atoms with van der Waals surface area (Å²) >= 11 is 5.00. The van der Waals surface area contributed by atoms with Crippen LogP contribution in [-0.2, 0) is 16.0 Å². The molecule has 1 aromatic rings. The molecule has 2 heterocycles. The molecule has 86 valence electrons. The lowest BCUT2D eigenvalue weighted by Gasteiger charge is -2.19. The van der Waals surface area contributed by atoms with Crippen molar-refractivity contribution in [1.82, 2.24) is 4.98 Å². The van der Waals surface area contributed by atoms with Gasteiger partial charge in [0.05, 0.1) is 6.61 Å². The number of thioether (sulfide) groups is 1. The summed E-state index contributed by atoms with van der Waals surface area (Å²) in [7, 11) is 0. The summed E-state index contributed by atoms with van der Waals surface area (Å²) in [5.41, 5.74) is 1.11. The molecule has 0 radical (unpaired) electrons. The van der Waals surface area contributed by atoms with E-state index in [1.165, 1.54) is 0 Å². The third-order valence-corrected chi connectivity index (χ3v) is 4.80. The predicted octanol–water partition coefficient (Wildman–Crippen LogP) is 2.81. The average molecular weight is 302 g/mol. The second-order valence-electron chi connectivity index (χ2n) is 3.84. The molecule has 1 aliphatic rings. The van der Waals surface area contributed by atoms with Crippen molar-refractivity contribution in [2.75, 3.05) is 6.61 Å². The van der Waals surface area contributed by atoms with Gasteiger partial charge in [0.15, 0.2) is 0 Å². The van der Waals surface area contributed by atoms with Crippen LogP contribution in [0.1, 0.15) is 19.4 Å². The van der Waals surface area contributed by atoms with Crippen molar-refractivity contribution in [3.63, 3.8) is 0 Å². The van der Waals surface area contributed by atoms with Crippen LogP contribution in [0.4, 0.5) is 0 Å². The highest BCUT2D eigenvalue weighted by Crippen LogP contribution is 2.48.